The van der Waals surface area contributed by atoms with Gasteiger partial charge in [-0.2, -0.15) is 9.36 Å². The first-order valence-corrected chi connectivity index (χ1v) is 5.66. The molecular weight excluding hydrogens is 244 g/mol. The largest absolute Gasteiger partial charge is 0.506 e. The first kappa shape index (κ1) is 11.2. The highest BCUT2D eigenvalue weighted by Gasteiger charge is 2.12. The standard InChI is InChI=1S/C13H10N4O2/c18-12-9-5-4-8-11(12)17-13(19)16(14-15-17)10-6-2-1-3-7-10/h1-9,18H. The fourth-order valence-electron chi connectivity index (χ4n) is 1.77. The number of para-hydroxylation sites is 3. The molecule has 3 aromatic rings. The van der Waals surface area contributed by atoms with E-state index in [2.05, 4.69) is 10.4 Å². The Morgan fingerprint density at radius 3 is 2.21 bits per heavy atom. The lowest BCUT2D eigenvalue weighted by Crippen LogP contribution is -2.23. The number of benzene rings is 2. The zero-order valence-corrected chi connectivity index (χ0v) is 9.84. The van der Waals surface area contributed by atoms with Gasteiger partial charge in [-0.3, -0.25) is 0 Å². The second kappa shape index (κ2) is 4.41. The summed E-state index contributed by atoms with van der Waals surface area (Å²) in [5.74, 6) is -0.0234. The van der Waals surface area contributed by atoms with E-state index < -0.39 is 5.69 Å². The van der Waals surface area contributed by atoms with Crippen LogP contribution in [0.3, 0.4) is 0 Å². The topological polar surface area (TPSA) is 72.9 Å². The SMILES string of the molecule is O=c1n(-c2ccccc2)nnn1-c1ccccc1O. The van der Waals surface area contributed by atoms with Crippen LogP contribution in [0.4, 0.5) is 0 Å². The third-order valence-electron chi connectivity index (χ3n) is 2.69. The van der Waals surface area contributed by atoms with Crippen molar-refractivity contribution in [3.63, 3.8) is 0 Å². The number of phenols is 1. The summed E-state index contributed by atoms with van der Waals surface area (Å²) in [6.07, 6.45) is 0. The highest BCUT2D eigenvalue weighted by molar-refractivity contribution is 5.44. The molecule has 0 unspecified atom stereocenters. The first-order valence-electron chi connectivity index (χ1n) is 5.66. The lowest BCUT2D eigenvalue weighted by atomic mass is 10.3. The number of nitrogens with zero attached hydrogens (tertiary/aromatic N) is 4. The van der Waals surface area contributed by atoms with Crippen molar-refractivity contribution in [2.75, 3.05) is 0 Å². The van der Waals surface area contributed by atoms with Crippen molar-refractivity contribution in [2.24, 2.45) is 0 Å². The molecule has 0 aliphatic rings. The van der Waals surface area contributed by atoms with E-state index in [1.54, 1.807) is 42.5 Å². The average Bonchev–Trinajstić information content (AvgIpc) is 2.82. The van der Waals surface area contributed by atoms with Gasteiger partial charge in [0.15, 0.2) is 0 Å². The maximum absolute atomic E-state index is 12.2. The molecule has 94 valence electrons. The summed E-state index contributed by atoms with van der Waals surface area (Å²) in [5.41, 5.74) is 0.483. The number of rotatable bonds is 2. The molecule has 6 heteroatoms. The number of phenolic OH excluding ortho intramolecular Hbond substituents is 1. The Kier molecular flexibility index (Phi) is 2.60. The van der Waals surface area contributed by atoms with Crippen molar-refractivity contribution < 1.29 is 5.11 Å². The van der Waals surface area contributed by atoms with Gasteiger partial charge >= 0.3 is 5.69 Å². The molecule has 0 aliphatic heterocycles. The predicted octanol–water partition coefficient (Wildman–Crippen LogP) is 1.12. The minimum Gasteiger partial charge on any atom is -0.506 e. The summed E-state index contributed by atoms with van der Waals surface area (Å²) in [7, 11) is 0. The molecule has 1 heterocycles. The monoisotopic (exact) mass is 254 g/mol. The molecule has 2 aromatic carbocycles. The van der Waals surface area contributed by atoms with Crippen LogP contribution in [0, 0.1) is 0 Å². The molecule has 0 fully saturated rings. The summed E-state index contributed by atoms with van der Waals surface area (Å²) in [5, 5.41) is 17.3. The summed E-state index contributed by atoms with van der Waals surface area (Å²) in [6, 6.07) is 15.4. The highest BCUT2D eigenvalue weighted by atomic mass is 16.3. The van der Waals surface area contributed by atoms with E-state index in [0.29, 0.717) is 11.4 Å². The van der Waals surface area contributed by atoms with Gasteiger partial charge in [0, 0.05) is 0 Å². The zero-order valence-electron chi connectivity index (χ0n) is 9.84. The van der Waals surface area contributed by atoms with Gasteiger partial charge in [-0.05, 0) is 34.7 Å². The first-order chi connectivity index (χ1) is 9.27. The van der Waals surface area contributed by atoms with E-state index in [-0.39, 0.29) is 5.75 Å². The average molecular weight is 254 g/mol. The van der Waals surface area contributed by atoms with Crippen LogP contribution in [0.25, 0.3) is 11.4 Å². The number of tetrazole rings is 1. The Morgan fingerprint density at radius 1 is 0.842 bits per heavy atom. The van der Waals surface area contributed by atoms with E-state index in [0.717, 1.165) is 4.68 Å². The van der Waals surface area contributed by atoms with Crippen LogP contribution < -0.4 is 5.69 Å². The molecule has 1 N–H and O–H groups in total. The minimum atomic E-state index is -0.437. The van der Waals surface area contributed by atoms with Crippen molar-refractivity contribution in [1.29, 1.82) is 0 Å². The van der Waals surface area contributed by atoms with Gasteiger partial charge in [0.2, 0.25) is 0 Å². The van der Waals surface area contributed by atoms with Crippen LogP contribution in [0.2, 0.25) is 0 Å². The second-order valence-corrected chi connectivity index (χ2v) is 3.91. The van der Waals surface area contributed by atoms with Gasteiger partial charge in [0.1, 0.15) is 11.4 Å². The third-order valence-corrected chi connectivity index (χ3v) is 2.69. The van der Waals surface area contributed by atoms with Gasteiger partial charge in [-0.1, -0.05) is 30.3 Å². The van der Waals surface area contributed by atoms with Crippen LogP contribution in [-0.2, 0) is 0 Å². The van der Waals surface area contributed by atoms with Gasteiger partial charge in [-0.25, -0.2) is 4.79 Å². The molecule has 0 bridgehead atoms. The number of hydrogen-bond donors (Lipinski definition) is 1. The summed E-state index contributed by atoms with van der Waals surface area (Å²) in [6.45, 7) is 0. The fraction of sp³-hybridized carbons (Fsp3) is 0. The van der Waals surface area contributed by atoms with Crippen molar-refractivity contribution in [2.45, 2.75) is 0 Å². The van der Waals surface area contributed by atoms with Gasteiger partial charge in [0.25, 0.3) is 0 Å². The smallest absolute Gasteiger partial charge is 0.373 e. The predicted molar refractivity (Wildman–Crippen MR) is 68.6 cm³/mol. The molecule has 0 saturated carbocycles. The Balaban J connectivity index is 2.15. The summed E-state index contributed by atoms with van der Waals surface area (Å²) < 4.78 is 2.23. The second-order valence-electron chi connectivity index (χ2n) is 3.91. The molecule has 0 radical (unpaired) electrons. The Morgan fingerprint density at radius 2 is 1.47 bits per heavy atom. The van der Waals surface area contributed by atoms with Crippen molar-refractivity contribution in [3.05, 3.63) is 65.1 Å². The van der Waals surface area contributed by atoms with E-state index >= 15 is 0 Å². The quantitative estimate of drug-likeness (QED) is 0.743. The molecule has 19 heavy (non-hydrogen) atoms. The van der Waals surface area contributed by atoms with Crippen LogP contribution in [0.5, 0.6) is 5.75 Å². The number of aromatic nitrogens is 4. The molecule has 0 aliphatic carbocycles. The van der Waals surface area contributed by atoms with Crippen LogP contribution in [0.15, 0.2) is 59.4 Å². The molecule has 0 saturated heterocycles. The zero-order chi connectivity index (χ0) is 13.2. The summed E-state index contributed by atoms with van der Waals surface area (Å²) >= 11 is 0. The molecule has 0 amide bonds. The third kappa shape index (κ3) is 1.89. The normalized spacial score (nSPS) is 10.5. The van der Waals surface area contributed by atoms with E-state index in [1.165, 1.54) is 10.7 Å². The van der Waals surface area contributed by atoms with Gasteiger partial charge in [0.05, 0.1) is 5.69 Å². The van der Waals surface area contributed by atoms with E-state index in [4.69, 9.17) is 0 Å². The van der Waals surface area contributed by atoms with Gasteiger partial charge < -0.3 is 5.11 Å². The Labute approximate surface area is 108 Å². The summed E-state index contributed by atoms with van der Waals surface area (Å²) in [4.78, 5) is 12.2. The maximum atomic E-state index is 12.2. The van der Waals surface area contributed by atoms with E-state index in [9.17, 15) is 9.90 Å². The van der Waals surface area contributed by atoms with Crippen LogP contribution in [0.1, 0.15) is 0 Å². The number of aromatic hydroxyl groups is 1. The van der Waals surface area contributed by atoms with E-state index in [1.807, 2.05) is 6.07 Å². The van der Waals surface area contributed by atoms with Crippen molar-refractivity contribution >= 4 is 0 Å². The molecule has 1 aromatic heterocycles. The van der Waals surface area contributed by atoms with Crippen LogP contribution in [-0.4, -0.2) is 24.9 Å². The Hall–Kier alpha value is -2.89. The highest BCUT2D eigenvalue weighted by Crippen LogP contribution is 2.17. The lowest BCUT2D eigenvalue weighted by molar-refractivity contribution is 0.469. The van der Waals surface area contributed by atoms with Gasteiger partial charge in [-0.15, -0.1) is 0 Å². The molecule has 3 rings (SSSR count). The van der Waals surface area contributed by atoms with Crippen LogP contribution >= 0.6 is 0 Å². The molecule has 0 atom stereocenters. The molecule has 6 nitrogen and oxygen atoms in total. The Bertz CT molecular complexity index is 762. The molecule has 0 spiro atoms. The van der Waals surface area contributed by atoms with Crippen molar-refractivity contribution in [3.8, 4) is 17.1 Å². The number of hydrogen-bond acceptors (Lipinski definition) is 4. The van der Waals surface area contributed by atoms with Crippen molar-refractivity contribution in [1.82, 2.24) is 19.8 Å². The molecular formula is C13H10N4O2. The minimum absolute atomic E-state index is 0.0234. The lowest BCUT2D eigenvalue weighted by Gasteiger charge is -2.00. The maximum Gasteiger partial charge on any atom is 0.373 e. The fourth-order valence-corrected chi connectivity index (χ4v) is 1.77.